The summed E-state index contributed by atoms with van der Waals surface area (Å²) in [5, 5.41) is 1.62. The van der Waals surface area contributed by atoms with E-state index in [0.29, 0.717) is 0 Å². The molecule has 0 unspecified atom stereocenters. The molecule has 0 aromatic rings. The first-order valence-corrected chi connectivity index (χ1v) is 5.95. The van der Waals surface area contributed by atoms with Gasteiger partial charge in [0.1, 0.15) is 0 Å². The summed E-state index contributed by atoms with van der Waals surface area (Å²) in [4.78, 5) is 0. The van der Waals surface area contributed by atoms with Crippen LogP contribution in [0.1, 0.15) is 33.6 Å². The van der Waals surface area contributed by atoms with Crippen LogP contribution in [-0.2, 0) is 0 Å². The third-order valence-electron chi connectivity index (χ3n) is 0.961. The van der Waals surface area contributed by atoms with Gasteiger partial charge in [0.15, 0.2) is 0 Å². The van der Waals surface area contributed by atoms with Crippen LogP contribution < -0.4 is 0 Å². The largest absolute Gasteiger partial charge is 0.102 e. The molecule has 0 atom stereocenters. The molecule has 0 rings (SSSR count). The summed E-state index contributed by atoms with van der Waals surface area (Å²) in [6.45, 7) is 6.68. The molecule has 0 aliphatic heterocycles. The van der Waals surface area contributed by atoms with Gasteiger partial charge in [-0.3, -0.25) is 0 Å². The van der Waals surface area contributed by atoms with Gasteiger partial charge in [-0.25, -0.2) is 0 Å². The zero-order chi connectivity index (χ0) is 7.11. The normalized spacial score (nSPS) is 12.1. The van der Waals surface area contributed by atoms with Crippen LogP contribution >= 0.6 is 18.8 Å². The average molecular weight is 162 g/mol. The molecule has 9 heavy (non-hydrogen) atoms. The Labute approximate surface area is 64.0 Å². The Bertz CT molecular complexity index is 88.9. The lowest BCUT2D eigenvalue weighted by Gasteiger charge is -1.93. The molecule has 0 aromatic carbocycles. The molecule has 0 spiro atoms. The van der Waals surface area contributed by atoms with E-state index in [4.69, 9.17) is 0 Å². The third kappa shape index (κ3) is 6.40. The van der Waals surface area contributed by atoms with Crippen LogP contribution in [0.4, 0.5) is 0 Å². The minimum absolute atomic E-state index is 1.24. The SMILES string of the molecule is CCCC(C)=PSCC. The molecule has 0 aliphatic carbocycles. The minimum Gasteiger partial charge on any atom is -0.102 e. The van der Waals surface area contributed by atoms with Crippen molar-refractivity contribution < 1.29 is 0 Å². The van der Waals surface area contributed by atoms with Crippen molar-refractivity contribution in [2.75, 3.05) is 5.75 Å². The van der Waals surface area contributed by atoms with Gasteiger partial charge in [-0.15, -0.1) is 11.4 Å². The van der Waals surface area contributed by atoms with E-state index in [1.807, 2.05) is 11.4 Å². The molecule has 0 heterocycles. The lowest BCUT2D eigenvalue weighted by atomic mass is 10.3. The maximum absolute atomic E-state index is 2.24. The van der Waals surface area contributed by atoms with Crippen molar-refractivity contribution in [3.8, 4) is 0 Å². The van der Waals surface area contributed by atoms with E-state index in [9.17, 15) is 0 Å². The maximum atomic E-state index is 2.24. The van der Waals surface area contributed by atoms with Gasteiger partial charge < -0.3 is 0 Å². The fourth-order valence-corrected chi connectivity index (χ4v) is 2.57. The highest BCUT2D eigenvalue weighted by Crippen LogP contribution is 2.21. The smallest absolute Gasteiger partial charge is 0.000989 e. The van der Waals surface area contributed by atoms with Crippen molar-refractivity contribution in [1.29, 1.82) is 0 Å². The van der Waals surface area contributed by atoms with Crippen LogP contribution in [0.5, 0.6) is 0 Å². The second-order valence-electron chi connectivity index (χ2n) is 1.99. The first-order valence-electron chi connectivity index (χ1n) is 3.46. The summed E-state index contributed by atoms with van der Waals surface area (Å²) in [5.74, 6) is 1.24. The molecule has 0 N–H and O–H groups in total. The number of hydrogen-bond acceptors (Lipinski definition) is 1. The highest BCUT2D eigenvalue weighted by atomic mass is 32.7. The molecule has 0 fully saturated rings. The quantitative estimate of drug-likeness (QED) is 0.569. The maximum Gasteiger partial charge on any atom is -0.000989 e. The van der Waals surface area contributed by atoms with Gasteiger partial charge in [0.25, 0.3) is 0 Å². The van der Waals surface area contributed by atoms with Crippen LogP contribution in [0.2, 0.25) is 0 Å². The molecule has 0 saturated heterocycles. The Morgan fingerprint density at radius 2 is 2.11 bits per heavy atom. The highest BCUT2D eigenvalue weighted by molar-refractivity contribution is 8.48. The Hall–Kier alpha value is 0.520. The van der Waals surface area contributed by atoms with E-state index in [2.05, 4.69) is 20.8 Å². The monoisotopic (exact) mass is 162 g/mol. The van der Waals surface area contributed by atoms with Gasteiger partial charge in [-0.2, -0.15) is 0 Å². The van der Waals surface area contributed by atoms with Crippen molar-refractivity contribution in [2.24, 2.45) is 0 Å². The van der Waals surface area contributed by atoms with Crippen molar-refractivity contribution in [1.82, 2.24) is 0 Å². The Kier molecular flexibility index (Phi) is 7.02. The third-order valence-corrected chi connectivity index (χ3v) is 3.98. The minimum atomic E-state index is 1.24. The molecular formula is C7H15PS. The first kappa shape index (κ1) is 9.52. The van der Waals surface area contributed by atoms with E-state index >= 15 is 0 Å². The van der Waals surface area contributed by atoms with Gasteiger partial charge in [0.2, 0.25) is 0 Å². The highest BCUT2D eigenvalue weighted by Gasteiger charge is 1.85. The fourth-order valence-electron chi connectivity index (χ4n) is 0.582. The molecule has 0 aromatic heterocycles. The van der Waals surface area contributed by atoms with Gasteiger partial charge in [-0.1, -0.05) is 20.3 Å². The average Bonchev–Trinajstić information content (AvgIpc) is 1.85. The molecule has 2 heteroatoms. The predicted octanol–water partition coefficient (Wildman–Crippen LogP) is 3.59. The van der Waals surface area contributed by atoms with E-state index in [0.717, 1.165) is 0 Å². The van der Waals surface area contributed by atoms with Gasteiger partial charge >= 0.3 is 0 Å². The van der Waals surface area contributed by atoms with E-state index in [-0.39, 0.29) is 0 Å². The number of hydrogen-bond donors (Lipinski definition) is 0. The zero-order valence-electron chi connectivity index (χ0n) is 6.48. The number of rotatable bonds is 4. The van der Waals surface area contributed by atoms with Crippen LogP contribution in [0.25, 0.3) is 0 Å². The molecular weight excluding hydrogens is 147 g/mol. The lowest BCUT2D eigenvalue weighted by molar-refractivity contribution is 1.00. The first-order chi connectivity index (χ1) is 4.31. The lowest BCUT2D eigenvalue weighted by Crippen LogP contribution is -1.82. The van der Waals surface area contributed by atoms with Gasteiger partial charge in [0.05, 0.1) is 0 Å². The molecule has 0 nitrogen and oxygen atoms in total. The Balaban J connectivity index is 3.30. The molecule has 54 valence electrons. The van der Waals surface area contributed by atoms with E-state index < -0.39 is 0 Å². The van der Waals surface area contributed by atoms with Gasteiger partial charge in [0, 0.05) is 0 Å². The summed E-state index contributed by atoms with van der Waals surface area (Å²) in [6.07, 6.45) is 2.59. The van der Waals surface area contributed by atoms with Crippen LogP contribution in [0.3, 0.4) is 0 Å². The van der Waals surface area contributed by atoms with Gasteiger partial charge in [-0.05, 0) is 31.8 Å². The summed E-state index contributed by atoms with van der Waals surface area (Å²) in [6, 6.07) is 0. The van der Waals surface area contributed by atoms with E-state index in [1.165, 1.54) is 26.0 Å². The summed E-state index contributed by atoms with van der Waals surface area (Å²) >= 11 is 1.99. The van der Waals surface area contributed by atoms with Crippen LogP contribution in [0, 0.1) is 0 Å². The summed E-state index contributed by atoms with van der Waals surface area (Å²) in [5.41, 5.74) is 0. The van der Waals surface area contributed by atoms with Crippen molar-refractivity contribution in [3.63, 3.8) is 0 Å². The topological polar surface area (TPSA) is 0 Å². The standard InChI is InChI=1S/C7H15PS/c1-4-6-7(3)8-9-5-2/h4-6H2,1-3H3. The zero-order valence-corrected chi connectivity index (χ0v) is 8.19. The Morgan fingerprint density at radius 3 is 2.56 bits per heavy atom. The second-order valence-corrected chi connectivity index (χ2v) is 5.10. The second kappa shape index (κ2) is 6.64. The van der Waals surface area contributed by atoms with Crippen molar-refractivity contribution >= 4 is 24.1 Å². The molecule has 0 bridgehead atoms. The van der Waals surface area contributed by atoms with E-state index in [1.54, 1.807) is 5.29 Å². The Morgan fingerprint density at radius 1 is 1.44 bits per heavy atom. The van der Waals surface area contributed by atoms with Crippen LogP contribution in [-0.4, -0.2) is 11.0 Å². The molecule has 0 radical (unpaired) electrons. The summed E-state index contributed by atoms with van der Waals surface area (Å²) < 4.78 is 0. The van der Waals surface area contributed by atoms with Crippen LogP contribution in [0.15, 0.2) is 0 Å². The fraction of sp³-hybridized carbons (Fsp3) is 0.857. The molecule has 0 amide bonds. The molecule has 0 saturated carbocycles. The summed E-state index contributed by atoms with van der Waals surface area (Å²) in [7, 11) is 1.49. The predicted molar refractivity (Wildman–Crippen MR) is 50.6 cm³/mol. The molecule has 0 aliphatic rings. The van der Waals surface area contributed by atoms with Crippen molar-refractivity contribution in [3.05, 3.63) is 0 Å². The van der Waals surface area contributed by atoms with Crippen molar-refractivity contribution in [2.45, 2.75) is 33.6 Å².